The van der Waals surface area contributed by atoms with E-state index in [1.807, 2.05) is 0 Å². The monoisotopic (exact) mass is 267 g/mol. The fourth-order valence-corrected chi connectivity index (χ4v) is 1.60. The molecule has 0 aliphatic rings. The third-order valence-electron chi connectivity index (χ3n) is 1.84. The molecule has 0 bridgehead atoms. The lowest BCUT2D eigenvalue weighted by Crippen LogP contribution is -1.99. The molecule has 0 aromatic carbocycles. The first kappa shape index (κ1) is 12.9. The maximum absolute atomic E-state index is 5.88. The molecule has 1 rings (SSSR count). The summed E-state index contributed by atoms with van der Waals surface area (Å²) < 4.78 is 5.39. The quantitative estimate of drug-likeness (QED) is 0.574. The van der Waals surface area contributed by atoms with Crippen LogP contribution in [0.25, 0.3) is 0 Å². The lowest BCUT2D eigenvalue weighted by atomic mass is 10.3. The standard InChI is InChI=1S/C10H12Cl3NO/c1-2-3-4-5-15-10-8(12)6-7(11)9(13)14-10/h6H,2-5H2,1H3. The smallest absolute Gasteiger partial charge is 0.234 e. The molecule has 0 saturated heterocycles. The highest BCUT2D eigenvalue weighted by Crippen LogP contribution is 2.30. The zero-order chi connectivity index (χ0) is 11.3. The van der Waals surface area contributed by atoms with Crippen LogP contribution in [-0.2, 0) is 0 Å². The largest absolute Gasteiger partial charge is 0.477 e. The molecule has 0 unspecified atom stereocenters. The molecule has 1 aromatic heterocycles. The van der Waals surface area contributed by atoms with Crippen molar-refractivity contribution in [2.24, 2.45) is 0 Å². The fraction of sp³-hybridized carbons (Fsp3) is 0.500. The number of rotatable bonds is 5. The summed E-state index contributed by atoms with van der Waals surface area (Å²) in [4.78, 5) is 3.95. The summed E-state index contributed by atoms with van der Waals surface area (Å²) in [6.45, 7) is 2.73. The number of unbranched alkanes of at least 4 members (excludes halogenated alkanes) is 2. The molecule has 0 amide bonds. The van der Waals surface area contributed by atoms with E-state index in [1.165, 1.54) is 6.07 Å². The normalized spacial score (nSPS) is 10.4. The van der Waals surface area contributed by atoms with E-state index in [-0.39, 0.29) is 5.15 Å². The zero-order valence-corrected chi connectivity index (χ0v) is 10.7. The molecular weight excluding hydrogens is 256 g/mol. The molecule has 84 valence electrons. The van der Waals surface area contributed by atoms with Crippen LogP contribution in [0.3, 0.4) is 0 Å². The molecule has 0 saturated carbocycles. The van der Waals surface area contributed by atoms with Crippen molar-refractivity contribution in [3.63, 3.8) is 0 Å². The van der Waals surface area contributed by atoms with Gasteiger partial charge in [-0.05, 0) is 12.5 Å². The molecule has 2 nitrogen and oxygen atoms in total. The molecule has 0 spiro atoms. The number of halogens is 3. The minimum absolute atomic E-state index is 0.214. The molecule has 1 aromatic rings. The second-order valence-corrected chi connectivity index (χ2v) is 4.28. The fourth-order valence-electron chi connectivity index (χ4n) is 1.05. The van der Waals surface area contributed by atoms with E-state index in [0.29, 0.717) is 22.5 Å². The highest BCUT2D eigenvalue weighted by atomic mass is 35.5. The van der Waals surface area contributed by atoms with Gasteiger partial charge in [-0.2, -0.15) is 4.98 Å². The van der Waals surface area contributed by atoms with Crippen LogP contribution in [0.4, 0.5) is 0 Å². The number of ether oxygens (including phenoxy) is 1. The summed E-state index contributed by atoms with van der Waals surface area (Å²) in [5.41, 5.74) is 0. The molecule has 15 heavy (non-hydrogen) atoms. The molecule has 5 heteroatoms. The SMILES string of the molecule is CCCCCOc1nc(Cl)c(Cl)cc1Cl. The van der Waals surface area contributed by atoms with E-state index in [0.717, 1.165) is 19.3 Å². The minimum atomic E-state index is 0.214. The predicted octanol–water partition coefficient (Wildman–Crippen LogP) is 4.61. The van der Waals surface area contributed by atoms with E-state index in [2.05, 4.69) is 11.9 Å². The van der Waals surface area contributed by atoms with Gasteiger partial charge in [-0.1, -0.05) is 54.6 Å². The molecule has 1 heterocycles. The van der Waals surface area contributed by atoms with Gasteiger partial charge < -0.3 is 4.74 Å². The van der Waals surface area contributed by atoms with Crippen LogP contribution < -0.4 is 4.74 Å². The highest BCUT2D eigenvalue weighted by Gasteiger charge is 2.08. The van der Waals surface area contributed by atoms with E-state index >= 15 is 0 Å². The predicted molar refractivity (Wildman–Crippen MR) is 64.3 cm³/mol. The van der Waals surface area contributed by atoms with Crippen LogP contribution in [0.5, 0.6) is 5.88 Å². The maximum atomic E-state index is 5.88. The van der Waals surface area contributed by atoms with Gasteiger partial charge in [0, 0.05) is 0 Å². The zero-order valence-electron chi connectivity index (χ0n) is 8.40. The Labute approximate surface area is 104 Å². The molecule has 0 radical (unpaired) electrons. The van der Waals surface area contributed by atoms with E-state index in [4.69, 9.17) is 39.5 Å². The Hall–Kier alpha value is -0.180. The Kier molecular flexibility index (Phi) is 5.51. The second kappa shape index (κ2) is 6.41. The van der Waals surface area contributed by atoms with Gasteiger partial charge >= 0.3 is 0 Å². The third kappa shape index (κ3) is 4.06. The maximum Gasteiger partial charge on any atom is 0.234 e. The van der Waals surface area contributed by atoms with E-state index in [1.54, 1.807) is 0 Å². The van der Waals surface area contributed by atoms with Crippen molar-refractivity contribution in [1.82, 2.24) is 4.98 Å². The molecule has 0 aliphatic heterocycles. The van der Waals surface area contributed by atoms with Gasteiger partial charge in [0.25, 0.3) is 0 Å². The summed E-state index contributed by atoms with van der Waals surface area (Å²) in [6.07, 6.45) is 3.25. The Morgan fingerprint density at radius 1 is 1.20 bits per heavy atom. The van der Waals surface area contributed by atoms with Crippen molar-refractivity contribution < 1.29 is 4.74 Å². The number of pyridine rings is 1. The molecular formula is C10H12Cl3NO. The average molecular weight is 269 g/mol. The van der Waals surface area contributed by atoms with Crippen molar-refractivity contribution >= 4 is 34.8 Å². The number of hydrogen-bond acceptors (Lipinski definition) is 2. The van der Waals surface area contributed by atoms with Crippen LogP contribution in [0.2, 0.25) is 15.2 Å². The molecule has 0 fully saturated rings. The lowest BCUT2D eigenvalue weighted by molar-refractivity contribution is 0.295. The van der Waals surface area contributed by atoms with E-state index < -0.39 is 0 Å². The highest BCUT2D eigenvalue weighted by molar-refractivity contribution is 6.42. The van der Waals surface area contributed by atoms with Crippen molar-refractivity contribution in [2.75, 3.05) is 6.61 Å². The first-order chi connectivity index (χ1) is 7.15. The van der Waals surface area contributed by atoms with Gasteiger partial charge in [0.1, 0.15) is 5.02 Å². The second-order valence-electron chi connectivity index (χ2n) is 3.10. The van der Waals surface area contributed by atoms with Gasteiger partial charge in [0.05, 0.1) is 11.6 Å². The number of hydrogen-bond donors (Lipinski definition) is 0. The molecule has 0 N–H and O–H groups in total. The Bertz CT molecular complexity index is 331. The van der Waals surface area contributed by atoms with Crippen molar-refractivity contribution in [3.05, 3.63) is 21.3 Å². The van der Waals surface area contributed by atoms with Gasteiger partial charge in [0.2, 0.25) is 5.88 Å². The van der Waals surface area contributed by atoms with Crippen LogP contribution in [0, 0.1) is 0 Å². The third-order valence-corrected chi connectivity index (χ3v) is 2.78. The van der Waals surface area contributed by atoms with Gasteiger partial charge in [-0.25, -0.2) is 0 Å². The van der Waals surface area contributed by atoms with Crippen LogP contribution >= 0.6 is 34.8 Å². The van der Waals surface area contributed by atoms with Gasteiger partial charge in [0.15, 0.2) is 5.15 Å². The first-order valence-corrected chi connectivity index (χ1v) is 5.93. The Morgan fingerprint density at radius 2 is 1.93 bits per heavy atom. The molecule has 0 aliphatic carbocycles. The Balaban J connectivity index is 2.57. The van der Waals surface area contributed by atoms with Gasteiger partial charge in [-0.15, -0.1) is 0 Å². The topological polar surface area (TPSA) is 22.1 Å². The summed E-state index contributed by atoms with van der Waals surface area (Å²) >= 11 is 17.4. The van der Waals surface area contributed by atoms with Gasteiger partial charge in [-0.3, -0.25) is 0 Å². The van der Waals surface area contributed by atoms with Crippen molar-refractivity contribution in [1.29, 1.82) is 0 Å². The summed E-state index contributed by atoms with van der Waals surface area (Å²) in [7, 11) is 0. The summed E-state index contributed by atoms with van der Waals surface area (Å²) in [6, 6.07) is 1.54. The summed E-state index contributed by atoms with van der Waals surface area (Å²) in [5.74, 6) is 0.349. The minimum Gasteiger partial charge on any atom is -0.477 e. The van der Waals surface area contributed by atoms with Crippen molar-refractivity contribution in [3.8, 4) is 5.88 Å². The van der Waals surface area contributed by atoms with Crippen LogP contribution in [0.1, 0.15) is 26.2 Å². The number of nitrogens with zero attached hydrogens (tertiary/aromatic N) is 1. The summed E-state index contributed by atoms with van der Waals surface area (Å²) in [5, 5.41) is 0.940. The number of aromatic nitrogens is 1. The van der Waals surface area contributed by atoms with Crippen LogP contribution in [-0.4, -0.2) is 11.6 Å². The first-order valence-electron chi connectivity index (χ1n) is 4.79. The lowest BCUT2D eigenvalue weighted by Gasteiger charge is -2.07. The Morgan fingerprint density at radius 3 is 2.60 bits per heavy atom. The molecule has 0 atom stereocenters. The van der Waals surface area contributed by atoms with Crippen molar-refractivity contribution in [2.45, 2.75) is 26.2 Å². The van der Waals surface area contributed by atoms with E-state index in [9.17, 15) is 0 Å². The average Bonchev–Trinajstić information content (AvgIpc) is 2.20. The van der Waals surface area contributed by atoms with Crippen LogP contribution in [0.15, 0.2) is 6.07 Å².